The summed E-state index contributed by atoms with van der Waals surface area (Å²) in [6.45, 7) is 0.546. The van der Waals surface area contributed by atoms with Gasteiger partial charge in [-0.15, -0.1) is 0 Å². The van der Waals surface area contributed by atoms with Gasteiger partial charge in [0.15, 0.2) is 0 Å². The molecule has 0 amide bonds. The highest BCUT2D eigenvalue weighted by molar-refractivity contribution is 6.09. The van der Waals surface area contributed by atoms with Crippen LogP contribution in [-0.4, -0.2) is 19.4 Å². The summed E-state index contributed by atoms with van der Waals surface area (Å²) < 4.78 is 5.82. The molecule has 0 unspecified atom stereocenters. The lowest BCUT2D eigenvalue weighted by Gasteiger charge is -2.09. The van der Waals surface area contributed by atoms with E-state index in [0.717, 1.165) is 29.8 Å². The first-order valence-corrected chi connectivity index (χ1v) is 8.67. The van der Waals surface area contributed by atoms with Crippen LogP contribution in [0, 0.1) is 11.8 Å². The van der Waals surface area contributed by atoms with E-state index in [1.165, 1.54) is 5.57 Å². The van der Waals surface area contributed by atoms with Crippen molar-refractivity contribution in [3.63, 3.8) is 0 Å². The lowest BCUT2D eigenvalue weighted by molar-refractivity contribution is 0.105. The number of hydrogen-bond acceptors (Lipinski definition) is 3. The van der Waals surface area contributed by atoms with Gasteiger partial charge >= 0.3 is 0 Å². The largest absolute Gasteiger partial charge is 0.489 e. The standard InChI is InChI=1S/C23H21NO2/c1-24-21-13-11-20(12-14-21)23(25)15-10-18-8-5-9-22(16-18)26-17-19-6-3-2-4-7-19/h3,5-9,11-14,16,24H,2,4,17H2,1H3. The van der Waals surface area contributed by atoms with Crippen molar-refractivity contribution in [2.45, 2.75) is 12.8 Å². The van der Waals surface area contributed by atoms with Gasteiger partial charge in [0, 0.05) is 23.9 Å². The summed E-state index contributed by atoms with van der Waals surface area (Å²) in [4.78, 5) is 12.2. The Morgan fingerprint density at radius 3 is 2.73 bits per heavy atom. The zero-order valence-electron chi connectivity index (χ0n) is 14.8. The highest BCUT2D eigenvalue weighted by atomic mass is 16.5. The zero-order valence-corrected chi connectivity index (χ0v) is 14.8. The van der Waals surface area contributed by atoms with Crippen molar-refractivity contribution in [2.24, 2.45) is 0 Å². The van der Waals surface area contributed by atoms with Gasteiger partial charge in [-0.2, -0.15) is 0 Å². The highest BCUT2D eigenvalue weighted by Crippen LogP contribution is 2.16. The molecule has 0 bridgehead atoms. The first-order chi connectivity index (χ1) is 12.7. The van der Waals surface area contributed by atoms with Crippen molar-refractivity contribution in [2.75, 3.05) is 19.0 Å². The number of allylic oxidation sites excluding steroid dienone is 2. The fraction of sp³-hybridized carbons (Fsp3) is 0.174. The van der Waals surface area contributed by atoms with Crippen LogP contribution in [0.2, 0.25) is 0 Å². The zero-order chi connectivity index (χ0) is 18.2. The first-order valence-electron chi connectivity index (χ1n) is 8.67. The van der Waals surface area contributed by atoms with Crippen molar-refractivity contribution in [3.05, 3.63) is 83.5 Å². The number of Topliss-reactive ketones (excluding diaryl/α,β-unsaturated/α-hetero) is 1. The molecule has 26 heavy (non-hydrogen) atoms. The average Bonchev–Trinajstić information content (AvgIpc) is 2.71. The van der Waals surface area contributed by atoms with Crippen LogP contribution < -0.4 is 10.1 Å². The molecule has 0 heterocycles. The number of ketones is 1. The molecule has 0 saturated carbocycles. The first kappa shape index (κ1) is 17.6. The fourth-order valence-electron chi connectivity index (χ4n) is 2.59. The summed E-state index contributed by atoms with van der Waals surface area (Å²) in [6.07, 6.45) is 8.63. The van der Waals surface area contributed by atoms with Gasteiger partial charge in [-0.05, 0) is 66.8 Å². The van der Waals surface area contributed by atoms with Gasteiger partial charge in [0.2, 0.25) is 5.78 Å². The van der Waals surface area contributed by atoms with Gasteiger partial charge < -0.3 is 10.1 Å². The maximum Gasteiger partial charge on any atom is 0.236 e. The summed E-state index contributed by atoms with van der Waals surface area (Å²) in [5.74, 6) is 6.18. The summed E-state index contributed by atoms with van der Waals surface area (Å²) in [7, 11) is 1.84. The van der Waals surface area contributed by atoms with Crippen molar-refractivity contribution >= 4 is 11.5 Å². The third-order valence-corrected chi connectivity index (χ3v) is 4.07. The Balaban J connectivity index is 1.64. The van der Waals surface area contributed by atoms with Crippen molar-refractivity contribution in [1.82, 2.24) is 0 Å². The molecule has 0 radical (unpaired) electrons. The van der Waals surface area contributed by atoms with Crippen LogP contribution >= 0.6 is 0 Å². The quantitative estimate of drug-likeness (QED) is 0.636. The van der Waals surface area contributed by atoms with E-state index in [9.17, 15) is 4.79 Å². The Morgan fingerprint density at radius 1 is 1.15 bits per heavy atom. The molecule has 0 fully saturated rings. The number of ether oxygens (including phenoxy) is 1. The molecule has 1 N–H and O–H groups in total. The minimum absolute atomic E-state index is 0.198. The molecule has 2 aromatic rings. The molecule has 0 atom stereocenters. The normalized spacial score (nSPS) is 12.6. The van der Waals surface area contributed by atoms with Crippen LogP contribution in [0.15, 0.2) is 72.3 Å². The minimum atomic E-state index is -0.198. The lowest BCUT2D eigenvalue weighted by Crippen LogP contribution is -2.01. The van der Waals surface area contributed by atoms with Gasteiger partial charge in [0.05, 0.1) is 0 Å². The molecule has 1 aliphatic carbocycles. The van der Waals surface area contributed by atoms with Crippen molar-refractivity contribution in [3.8, 4) is 17.6 Å². The Morgan fingerprint density at radius 2 is 2.00 bits per heavy atom. The van der Waals surface area contributed by atoms with Gasteiger partial charge in [-0.1, -0.05) is 30.2 Å². The van der Waals surface area contributed by atoms with Crippen LogP contribution in [0.25, 0.3) is 0 Å². The Kier molecular flexibility index (Phi) is 5.90. The van der Waals surface area contributed by atoms with Crippen LogP contribution in [0.4, 0.5) is 5.69 Å². The second-order valence-corrected chi connectivity index (χ2v) is 5.98. The fourth-order valence-corrected chi connectivity index (χ4v) is 2.59. The average molecular weight is 343 g/mol. The van der Waals surface area contributed by atoms with Crippen LogP contribution in [0.5, 0.6) is 5.75 Å². The van der Waals surface area contributed by atoms with Crippen molar-refractivity contribution in [1.29, 1.82) is 0 Å². The van der Waals surface area contributed by atoms with Gasteiger partial charge in [-0.25, -0.2) is 0 Å². The lowest BCUT2D eigenvalue weighted by atomic mass is 10.1. The Hall–Kier alpha value is -3.25. The van der Waals surface area contributed by atoms with E-state index in [1.807, 2.05) is 43.4 Å². The molecule has 0 aromatic heterocycles. The smallest absolute Gasteiger partial charge is 0.236 e. The predicted molar refractivity (Wildman–Crippen MR) is 106 cm³/mol. The van der Waals surface area contributed by atoms with E-state index in [2.05, 4.69) is 35.4 Å². The molecule has 1 aliphatic rings. The maximum atomic E-state index is 12.2. The number of benzene rings is 2. The molecular weight excluding hydrogens is 322 g/mol. The molecule has 130 valence electrons. The summed E-state index contributed by atoms with van der Waals surface area (Å²) in [5, 5.41) is 3.02. The molecule has 0 aliphatic heterocycles. The molecular formula is C23H21NO2. The molecule has 3 rings (SSSR count). The van der Waals surface area contributed by atoms with Crippen LogP contribution in [-0.2, 0) is 0 Å². The third kappa shape index (κ3) is 4.87. The second kappa shape index (κ2) is 8.73. The Bertz CT molecular complexity index is 896. The van der Waals surface area contributed by atoms with E-state index in [0.29, 0.717) is 12.2 Å². The number of carbonyl (C=O) groups excluding carboxylic acids is 1. The maximum absolute atomic E-state index is 12.2. The second-order valence-electron chi connectivity index (χ2n) is 5.98. The summed E-state index contributed by atoms with van der Waals surface area (Å²) in [5.41, 5.74) is 3.49. The molecule has 3 nitrogen and oxygen atoms in total. The van der Waals surface area contributed by atoms with Gasteiger partial charge in [0.1, 0.15) is 12.4 Å². The number of carbonyl (C=O) groups is 1. The monoisotopic (exact) mass is 343 g/mol. The minimum Gasteiger partial charge on any atom is -0.489 e. The molecule has 0 spiro atoms. The van der Waals surface area contributed by atoms with Gasteiger partial charge in [-0.3, -0.25) is 4.79 Å². The highest BCUT2D eigenvalue weighted by Gasteiger charge is 2.02. The van der Waals surface area contributed by atoms with Gasteiger partial charge in [0.25, 0.3) is 0 Å². The van der Waals surface area contributed by atoms with Crippen LogP contribution in [0.1, 0.15) is 28.8 Å². The van der Waals surface area contributed by atoms with E-state index in [1.54, 1.807) is 12.1 Å². The SMILES string of the molecule is CNc1ccc(C(=O)C#Cc2cccc(OCC3=CCCC=C3)c2)cc1. The molecule has 2 aromatic carbocycles. The summed E-state index contributed by atoms with van der Waals surface area (Å²) in [6, 6.07) is 14.8. The number of hydrogen-bond donors (Lipinski definition) is 1. The third-order valence-electron chi connectivity index (χ3n) is 4.07. The number of nitrogens with one attached hydrogen (secondary N) is 1. The van der Waals surface area contributed by atoms with Crippen molar-refractivity contribution < 1.29 is 9.53 Å². The summed E-state index contributed by atoms with van der Waals surface area (Å²) >= 11 is 0. The van der Waals surface area contributed by atoms with E-state index < -0.39 is 0 Å². The van der Waals surface area contributed by atoms with E-state index in [-0.39, 0.29) is 5.78 Å². The van der Waals surface area contributed by atoms with Crippen LogP contribution in [0.3, 0.4) is 0 Å². The molecule has 3 heteroatoms. The predicted octanol–water partition coefficient (Wildman–Crippen LogP) is 4.62. The number of rotatable bonds is 5. The number of anilines is 1. The topological polar surface area (TPSA) is 38.3 Å². The van der Waals surface area contributed by atoms with E-state index in [4.69, 9.17) is 4.74 Å². The molecule has 0 saturated heterocycles. The van der Waals surface area contributed by atoms with E-state index >= 15 is 0 Å². The Labute approximate surface area is 154 Å².